The van der Waals surface area contributed by atoms with Crippen LogP contribution in [0.4, 0.5) is 9.59 Å². The molecule has 4 amide bonds. The van der Waals surface area contributed by atoms with Gasteiger partial charge in [0.05, 0.1) is 13.2 Å². The number of hydrazine groups is 2. The van der Waals surface area contributed by atoms with E-state index >= 15 is 0 Å². The fourth-order valence-electron chi connectivity index (χ4n) is 0.663. The molecule has 0 aromatic carbocycles. The van der Waals surface area contributed by atoms with Crippen LogP contribution >= 0.6 is 0 Å². The van der Waals surface area contributed by atoms with Crippen molar-refractivity contribution in [3.05, 3.63) is 0 Å². The van der Waals surface area contributed by atoms with Crippen molar-refractivity contribution in [3.63, 3.8) is 0 Å². The van der Waals surface area contributed by atoms with Crippen molar-refractivity contribution >= 4 is 24.0 Å². The quantitative estimate of drug-likeness (QED) is 0.355. The SMILES string of the molecule is CCOC(=O)NNC(=O)C(=O)NNC(=O)OCC. The minimum absolute atomic E-state index is 0.109. The molecule has 0 unspecified atom stereocenters. The summed E-state index contributed by atoms with van der Waals surface area (Å²) in [5, 5.41) is 0. The zero-order valence-corrected chi connectivity index (χ0v) is 9.86. The highest BCUT2D eigenvalue weighted by Gasteiger charge is 2.15. The Morgan fingerprint density at radius 1 is 0.722 bits per heavy atom. The molecule has 0 spiro atoms. The molecular formula is C8H14N4O6. The summed E-state index contributed by atoms with van der Waals surface area (Å²) in [6, 6.07) is 0. The smallest absolute Gasteiger partial charge is 0.426 e. The van der Waals surface area contributed by atoms with E-state index in [1.165, 1.54) is 0 Å². The highest BCUT2D eigenvalue weighted by atomic mass is 16.6. The average molecular weight is 262 g/mol. The summed E-state index contributed by atoms with van der Waals surface area (Å²) < 4.78 is 8.83. The van der Waals surface area contributed by atoms with Crippen molar-refractivity contribution in [2.45, 2.75) is 13.8 Å². The Morgan fingerprint density at radius 3 is 1.33 bits per heavy atom. The molecule has 0 aliphatic heterocycles. The first-order valence-electron chi connectivity index (χ1n) is 4.97. The highest BCUT2D eigenvalue weighted by molar-refractivity contribution is 6.35. The van der Waals surface area contributed by atoms with Gasteiger partial charge in [0, 0.05) is 0 Å². The van der Waals surface area contributed by atoms with Gasteiger partial charge in [-0.25, -0.2) is 20.4 Å². The predicted octanol–water partition coefficient (Wildman–Crippen LogP) is -1.46. The van der Waals surface area contributed by atoms with Crippen LogP contribution in [0.5, 0.6) is 0 Å². The predicted molar refractivity (Wildman–Crippen MR) is 56.6 cm³/mol. The monoisotopic (exact) mass is 262 g/mol. The van der Waals surface area contributed by atoms with Gasteiger partial charge in [-0.15, -0.1) is 0 Å². The van der Waals surface area contributed by atoms with Gasteiger partial charge in [0.25, 0.3) is 0 Å². The zero-order chi connectivity index (χ0) is 14.0. The molecule has 0 saturated carbocycles. The molecule has 102 valence electrons. The Kier molecular flexibility index (Phi) is 7.41. The summed E-state index contributed by atoms with van der Waals surface area (Å²) in [4.78, 5) is 43.6. The van der Waals surface area contributed by atoms with Crippen LogP contribution in [0.15, 0.2) is 0 Å². The van der Waals surface area contributed by atoms with Crippen LogP contribution in [0.3, 0.4) is 0 Å². The maximum absolute atomic E-state index is 11.0. The number of amides is 4. The lowest BCUT2D eigenvalue weighted by molar-refractivity contribution is -0.140. The van der Waals surface area contributed by atoms with E-state index in [2.05, 4.69) is 9.47 Å². The lowest BCUT2D eigenvalue weighted by Crippen LogP contribution is -2.52. The summed E-state index contributed by atoms with van der Waals surface area (Å²) in [7, 11) is 0. The third kappa shape index (κ3) is 6.87. The van der Waals surface area contributed by atoms with Crippen LogP contribution in [0.25, 0.3) is 0 Å². The summed E-state index contributed by atoms with van der Waals surface area (Å²) in [5.41, 5.74) is 7.13. The van der Waals surface area contributed by atoms with E-state index in [9.17, 15) is 19.2 Å². The second kappa shape index (κ2) is 8.61. The van der Waals surface area contributed by atoms with E-state index in [0.29, 0.717) is 0 Å². The number of rotatable bonds is 2. The molecule has 0 rings (SSSR count). The lowest BCUT2D eigenvalue weighted by atomic mass is 10.6. The van der Waals surface area contributed by atoms with Crippen molar-refractivity contribution in [1.82, 2.24) is 21.7 Å². The Balaban J connectivity index is 3.86. The molecule has 18 heavy (non-hydrogen) atoms. The summed E-state index contributed by atoms with van der Waals surface area (Å²) in [6.07, 6.45) is -1.84. The Hall–Kier alpha value is -2.52. The van der Waals surface area contributed by atoms with Gasteiger partial charge in [0.2, 0.25) is 0 Å². The van der Waals surface area contributed by atoms with Gasteiger partial charge in [-0.3, -0.25) is 20.4 Å². The molecule has 0 heterocycles. The van der Waals surface area contributed by atoms with E-state index < -0.39 is 24.0 Å². The fraction of sp³-hybridized carbons (Fsp3) is 0.500. The molecule has 0 aliphatic rings. The molecule has 0 aromatic rings. The van der Waals surface area contributed by atoms with Crippen molar-refractivity contribution in [3.8, 4) is 0 Å². The Labute approximate surface area is 102 Å². The van der Waals surface area contributed by atoms with Gasteiger partial charge in [-0.05, 0) is 13.8 Å². The number of carbonyl (C=O) groups excluding carboxylic acids is 4. The normalized spacial score (nSPS) is 8.78. The second-order valence-electron chi connectivity index (χ2n) is 2.60. The van der Waals surface area contributed by atoms with Gasteiger partial charge in [0.1, 0.15) is 0 Å². The first-order valence-corrected chi connectivity index (χ1v) is 4.97. The van der Waals surface area contributed by atoms with Crippen LogP contribution < -0.4 is 21.7 Å². The van der Waals surface area contributed by atoms with E-state index in [1.807, 2.05) is 10.9 Å². The lowest BCUT2D eigenvalue weighted by Gasteiger charge is -2.08. The molecule has 10 nitrogen and oxygen atoms in total. The third-order valence-electron chi connectivity index (χ3n) is 1.31. The molecule has 0 saturated heterocycles. The van der Waals surface area contributed by atoms with Gasteiger partial charge in [0.15, 0.2) is 0 Å². The topological polar surface area (TPSA) is 135 Å². The maximum Gasteiger partial charge on any atom is 0.426 e. The second-order valence-corrected chi connectivity index (χ2v) is 2.60. The minimum atomic E-state index is -1.19. The number of carbonyl (C=O) groups is 4. The summed E-state index contributed by atoms with van der Waals surface area (Å²) in [5.74, 6) is -2.39. The van der Waals surface area contributed by atoms with Crippen molar-refractivity contribution in [2.24, 2.45) is 0 Å². The minimum Gasteiger partial charge on any atom is -0.449 e. The highest BCUT2D eigenvalue weighted by Crippen LogP contribution is 1.75. The number of nitrogens with one attached hydrogen (secondary N) is 4. The Bertz CT molecular complexity index is 300. The largest absolute Gasteiger partial charge is 0.449 e. The average Bonchev–Trinajstić information content (AvgIpc) is 2.33. The van der Waals surface area contributed by atoms with E-state index in [1.54, 1.807) is 24.7 Å². The molecule has 4 N–H and O–H groups in total. The van der Waals surface area contributed by atoms with Crippen LogP contribution in [0, 0.1) is 0 Å². The maximum atomic E-state index is 11.0. The van der Waals surface area contributed by atoms with E-state index in [0.717, 1.165) is 0 Å². The molecule has 0 fully saturated rings. The van der Waals surface area contributed by atoms with E-state index in [4.69, 9.17) is 0 Å². The van der Waals surface area contributed by atoms with Crippen LogP contribution in [-0.4, -0.2) is 37.2 Å². The first kappa shape index (κ1) is 15.5. The van der Waals surface area contributed by atoms with Crippen LogP contribution in [0.1, 0.15) is 13.8 Å². The standard InChI is InChI=1S/C8H14N4O6/c1-3-17-7(15)11-9-5(13)6(14)10-12-8(16)18-4-2/h3-4H2,1-2H3,(H,9,13)(H,10,14)(H,11,15)(H,12,16). The summed E-state index contributed by atoms with van der Waals surface area (Å²) >= 11 is 0. The fourth-order valence-corrected chi connectivity index (χ4v) is 0.663. The molecular weight excluding hydrogens is 248 g/mol. The Morgan fingerprint density at radius 2 is 1.06 bits per heavy atom. The first-order chi connectivity index (χ1) is 8.51. The van der Waals surface area contributed by atoms with Crippen molar-refractivity contribution in [1.29, 1.82) is 0 Å². The van der Waals surface area contributed by atoms with Gasteiger partial charge >= 0.3 is 24.0 Å². The molecule has 0 aliphatic carbocycles. The molecule has 0 radical (unpaired) electrons. The van der Waals surface area contributed by atoms with E-state index in [-0.39, 0.29) is 13.2 Å². The summed E-state index contributed by atoms with van der Waals surface area (Å²) in [6.45, 7) is 3.35. The van der Waals surface area contributed by atoms with Crippen LogP contribution in [0.2, 0.25) is 0 Å². The third-order valence-corrected chi connectivity index (χ3v) is 1.31. The molecule has 0 bridgehead atoms. The van der Waals surface area contributed by atoms with Crippen molar-refractivity contribution in [2.75, 3.05) is 13.2 Å². The molecule has 10 heteroatoms. The van der Waals surface area contributed by atoms with Gasteiger partial charge in [-0.2, -0.15) is 0 Å². The number of hydrogen-bond acceptors (Lipinski definition) is 6. The van der Waals surface area contributed by atoms with Crippen molar-refractivity contribution < 1.29 is 28.7 Å². The molecule has 0 atom stereocenters. The molecule has 0 aromatic heterocycles. The van der Waals surface area contributed by atoms with Gasteiger partial charge in [-0.1, -0.05) is 0 Å². The number of ether oxygens (including phenoxy) is 2. The zero-order valence-electron chi connectivity index (χ0n) is 9.86. The number of hydrogen-bond donors (Lipinski definition) is 4. The van der Waals surface area contributed by atoms with Crippen LogP contribution in [-0.2, 0) is 19.1 Å². The van der Waals surface area contributed by atoms with Gasteiger partial charge < -0.3 is 9.47 Å².